The van der Waals surface area contributed by atoms with Gasteiger partial charge in [0.05, 0.1) is 17.2 Å². The molecule has 0 radical (unpaired) electrons. The number of methoxy groups -OCH3 is 1. The normalized spacial score (nSPS) is 9.64. The van der Waals surface area contributed by atoms with Gasteiger partial charge in [0.2, 0.25) is 0 Å². The molecule has 0 aliphatic rings. The molecule has 1 aromatic carbocycles. The van der Waals surface area contributed by atoms with Crippen molar-refractivity contribution < 1.29 is 13.9 Å². The number of halogens is 2. The van der Waals surface area contributed by atoms with E-state index in [1.165, 1.54) is 19.2 Å². The maximum Gasteiger partial charge on any atom is 0.337 e. The molecule has 1 aromatic rings. The molecule has 0 bridgehead atoms. The minimum Gasteiger partial charge on any atom is -0.465 e. The Kier molecular flexibility index (Phi) is 3.41. The second kappa shape index (κ2) is 4.37. The summed E-state index contributed by atoms with van der Waals surface area (Å²) in [5.74, 6) is -1.00. The zero-order valence-electron chi connectivity index (χ0n) is 7.51. The SMILES string of the molecule is C=C(C(=O)OC)c1ccc(Br)c(F)c1. The number of rotatable bonds is 2. The summed E-state index contributed by atoms with van der Waals surface area (Å²) in [6.07, 6.45) is 0. The number of esters is 1. The molecule has 0 saturated carbocycles. The largest absolute Gasteiger partial charge is 0.465 e. The van der Waals surface area contributed by atoms with Crippen molar-refractivity contribution in [1.82, 2.24) is 0 Å². The van der Waals surface area contributed by atoms with E-state index in [4.69, 9.17) is 0 Å². The molecule has 0 atom stereocenters. The zero-order valence-corrected chi connectivity index (χ0v) is 9.10. The van der Waals surface area contributed by atoms with E-state index in [1.807, 2.05) is 0 Å². The fourth-order valence-corrected chi connectivity index (χ4v) is 1.17. The standard InChI is InChI=1S/C10H8BrFO2/c1-6(10(13)14-2)7-3-4-8(11)9(12)5-7/h3-5H,1H2,2H3. The third-order valence-corrected chi connectivity index (χ3v) is 2.34. The van der Waals surface area contributed by atoms with Gasteiger partial charge in [0.15, 0.2) is 0 Å². The second-order valence-corrected chi connectivity index (χ2v) is 3.45. The van der Waals surface area contributed by atoms with Crippen molar-refractivity contribution in [1.29, 1.82) is 0 Å². The highest BCUT2D eigenvalue weighted by Gasteiger charge is 2.10. The van der Waals surface area contributed by atoms with Gasteiger partial charge in [0, 0.05) is 0 Å². The molecule has 4 heteroatoms. The van der Waals surface area contributed by atoms with Crippen LogP contribution >= 0.6 is 15.9 Å². The van der Waals surface area contributed by atoms with Gasteiger partial charge in [0.25, 0.3) is 0 Å². The van der Waals surface area contributed by atoms with Crippen LogP contribution in [-0.4, -0.2) is 13.1 Å². The molecule has 0 saturated heterocycles. The van der Waals surface area contributed by atoms with Gasteiger partial charge >= 0.3 is 5.97 Å². The highest BCUT2D eigenvalue weighted by Crippen LogP contribution is 2.21. The minimum absolute atomic E-state index is 0.138. The number of carbonyl (C=O) groups is 1. The summed E-state index contributed by atoms with van der Waals surface area (Å²) in [7, 11) is 1.25. The van der Waals surface area contributed by atoms with E-state index in [-0.39, 0.29) is 5.57 Å². The van der Waals surface area contributed by atoms with Crippen molar-refractivity contribution in [2.75, 3.05) is 7.11 Å². The van der Waals surface area contributed by atoms with Crippen molar-refractivity contribution in [3.8, 4) is 0 Å². The molecule has 2 nitrogen and oxygen atoms in total. The topological polar surface area (TPSA) is 26.3 Å². The van der Waals surface area contributed by atoms with Crippen LogP contribution < -0.4 is 0 Å². The van der Waals surface area contributed by atoms with E-state index in [0.717, 1.165) is 0 Å². The van der Waals surface area contributed by atoms with Crippen LogP contribution in [0, 0.1) is 5.82 Å². The summed E-state index contributed by atoms with van der Waals surface area (Å²) < 4.78 is 17.9. The maximum absolute atomic E-state index is 13.1. The predicted octanol–water partition coefficient (Wildman–Crippen LogP) is 2.77. The van der Waals surface area contributed by atoms with Crippen molar-refractivity contribution in [3.63, 3.8) is 0 Å². The first-order valence-electron chi connectivity index (χ1n) is 3.79. The van der Waals surface area contributed by atoms with Crippen molar-refractivity contribution in [3.05, 3.63) is 40.6 Å². The number of ether oxygens (including phenoxy) is 1. The fourth-order valence-electron chi connectivity index (χ4n) is 0.925. The lowest BCUT2D eigenvalue weighted by Gasteiger charge is -2.04. The zero-order chi connectivity index (χ0) is 10.7. The van der Waals surface area contributed by atoms with E-state index >= 15 is 0 Å². The summed E-state index contributed by atoms with van der Waals surface area (Å²) in [5, 5.41) is 0. The Morgan fingerprint density at radius 3 is 2.71 bits per heavy atom. The van der Waals surface area contributed by atoms with Gasteiger partial charge in [-0.15, -0.1) is 0 Å². The van der Waals surface area contributed by atoms with Crippen LogP contribution in [0.4, 0.5) is 4.39 Å². The van der Waals surface area contributed by atoms with Crippen LogP contribution in [-0.2, 0) is 9.53 Å². The summed E-state index contributed by atoms with van der Waals surface area (Å²) in [4.78, 5) is 11.1. The Bertz CT molecular complexity index is 388. The van der Waals surface area contributed by atoms with Crippen LogP contribution in [0.25, 0.3) is 5.57 Å². The highest BCUT2D eigenvalue weighted by atomic mass is 79.9. The van der Waals surface area contributed by atoms with Gasteiger partial charge in [-0.1, -0.05) is 12.6 Å². The average molecular weight is 259 g/mol. The quantitative estimate of drug-likeness (QED) is 0.603. The molecule has 0 amide bonds. The van der Waals surface area contributed by atoms with Gasteiger partial charge in [-0.25, -0.2) is 9.18 Å². The summed E-state index contributed by atoms with van der Waals surface area (Å²) in [5.41, 5.74) is 0.552. The van der Waals surface area contributed by atoms with Crippen molar-refractivity contribution in [2.45, 2.75) is 0 Å². The second-order valence-electron chi connectivity index (χ2n) is 2.60. The summed E-state index contributed by atoms with van der Waals surface area (Å²) >= 11 is 3.01. The molecule has 1 rings (SSSR count). The molecule has 0 heterocycles. The van der Waals surface area contributed by atoms with E-state index in [2.05, 4.69) is 27.2 Å². The van der Waals surface area contributed by atoms with Gasteiger partial charge in [0.1, 0.15) is 5.82 Å². The molecule has 74 valence electrons. The minimum atomic E-state index is -0.563. The lowest BCUT2D eigenvalue weighted by molar-refractivity contribution is -0.133. The summed E-state index contributed by atoms with van der Waals surface area (Å²) in [6.45, 7) is 3.51. The Morgan fingerprint density at radius 1 is 1.57 bits per heavy atom. The smallest absolute Gasteiger partial charge is 0.337 e. The van der Waals surface area contributed by atoms with Crippen molar-refractivity contribution >= 4 is 27.5 Å². The molecule has 0 aliphatic heterocycles. The molecular weight excluding hydrogens is 251 g/mol. The van der Waals surface area contributed by atoms with Crippen molar-refractivity contribution in [2.24, 2.45) is 0 Å². The number of hydrogen-bond donors (Lipinski definition) is 0. The average Bonchev–Trinajstić information content (AvgIpc) is 2.20. The van der Waals surface area contributed by atoms with Gasteiger partial charge in [-0.05, 0) is 33.6 Å². The first-order valence-corrected chi connectivity index (χ1v) is 4.58. The van der Waals surface area contributed by atoms with Crippen LogP contribution in [0.2, 0.25) is 0 Å². The number of benzene rings is 1. The lowest BCUT2D eigenvalue weighted by atomic mass is 10.1. The molecule has 0 N–H and O–H groups in total. The van der Waals surface area contributed by atoms with E-state index < -0.39 is 11.8 Å². The molecular formula is C10H8BrFO2. The predicted molar refractivity (Wildman–Crippen MR) is 55.2 cm³/mol. The monoisotopic (exact) mass is 258 g/mol. The number of carbonyl (C=O) groups excluding carboxylic acids is 1. The first-order chi connectivity index (χ1) is 6.56. The highest BCUT2D eigenvalue weighted by molar-refractivity contribution is 9.10. The van der Waals surface area contributed by atoms with Gasteiger partial charge < -0.3 is 4.74 Å². The molecule has 0 aromatic heterocycles. The van der Waals surface area contributed by atoms with Crippen LogP contribution in [0.5, 0.6) is 0 Å². The molecule has 14 heavy (non-hydrogen) atoms. The van der Waals surface area contributed by atoms with Gasteiger partial charge in [-0.2, -0.15) is 0 Å². The van der Waals surface area contributed by atoms with Gasteiger partial charge in [-0.3, -0.25) is 0 Å². The Morgan fingerprint density at radius 2 is 2.21 bits per heavy atom. The number of hydrogen-bond acceptors (Lipinski definition) is 2. The fraction of sp³-hybridized carbons (Fsp3) is 0.100. The Labute approximate surface area is 89.5 Å². The molecule has 0 aliphatic carbocycles. The third kappa shape index (κ3) is 2.20. The summed E-state index contributed by atoms with van der Waals surface area (Å²) in [6, 6.07) is 4.33. The van der Waals surface area contributed by atoms with Crippen LogP contribution in [0.3, 0.4) is 0 Å². The maximum atomic E-state index is 13.1. The third-order valence-electron chi connectivity index (χ3n) is 1.70. The Balaban J connectivity index is 3.03. The van der Waals surface area contributed by atoms with Crippen LogP contribution in [0.1, 0.15) is 5.56 Å². The van der Waals surface area contributed by atoms with E-state index in [9.17, 15) is 9.18 Å². The van der Waals surface area contributed by atoms with E-state index in [1.54, 1.807) is 6.07 Å². The lowest BCUT2D eigenvalue weighted by Crippen LogP contribution is -2.02. The van der Waals surface area contributed by atoms with Crippen LogP contribution in [0.15, 0.2) is 29.3 Å². The molecule has 0 spiro atoms. The van der Waals surface area contributed by atoms with E-state index in [0.29, 0.717) is 10.0 Å². The Hall–Kier alpha value is -1.16. The molecule has 0 fully saturated rings. The first kappa shape index (κ1) is 10.9. The molecule has 0 unspecified atom stereocenters.